The van der Waals surface area contributed by atoms with E-state index in [-0.39, 0.29) is 5.38 Å². The third kappa shape index (κ3) is 1.69. The Hall–Kier alpha value is 0.470. The molecule has 0 aliphatic rings. The molecule has 0 radical (unpaired) electrons. The maximum Gasteiger partial charge on any atom is 0.0745 e. The summed E-state index contributed by atoms with van der Waals surface area (Å²) in [7, 11) is 0. The fraction of sp³-hybridized carbons (Fsp3) is 0.333. The number of hydrogen-bond donors (Lipinski definition) is 0. The Balaban J connectivity index is 2.94. The Bertz CT molecular complexity index is 195. The summed E-state index contributed by atoms with van der Waals surface area (Å²) in [6.45, 7) is 1.97. The zero-order valence-corrected chi connectivity index (χ0v) is 8.05. The Morgan fingerprint density at radius 1 is 1.78 bits per heavy atom. The van der Waals surface area contributed by atoms with Gasteiger partial charge in [0, 0.05) is 0 Å². The lowest BCUT2D eigenvalue weighted by Gasteiger charge is -1.97. The molecule has 0 nitrogen and oxygen atoms in total. The highest BCUT2D eigenvalue weighted by Gasteiger charge is 2.05. The van der Waals surface area contributed by atoms with Crippen molar-refractivity contribution in [2.75, 3.05) is 0 Å². The predicted molar refractivity (Wildman–Crippen MR) is 46.3 cm³/mol. The maximum absolute atomic E-state index is 5.83. The number of thiophene rings is 1. The molecule has 0 bridgehead atoms. The second-order valence-electron chi connectivity index (χ2n) is 1.77. The van der Waals surface area contributed by atoms with Crippen molar-refractivity contribution in [3.05, 3.63) is 20.8 Å². The van der Waals surface area contributed by atoms with Gasteiger partial charge in [0.25, 0.3) is 0 Å². The molecular formula is C6H6BrClS. The molecule has 0 amide bonds. The second-order valence-corrected chi connectivity index (χ2v) is 4.65. The summed E-state index contributed by atoms with van der Waals surface area (Å²) < 4.78 is 1.14. The van der Waals surface area contributed by atoms with Crippen LogP contribution in [0.3, 0.4) is 0 Å². The van der Waals surface area contributed by atoms with Gasteiger partial charge in [0.15, 0.2) is 0 Å². The SMILES string of the molecule is CC(Cl)c1ccsc1Br. The highest BCUT2D eigenvalue weighted by molar-refractivity contribution is 9.11. The van der Waals surface area contributed by atoms with Crippen LogP contribution in [-0.4, -0.2) is 0 Å². The largest absolute Gasteiger partial charge is 0.136 e. The molecule has 1 rings (SSSR count). The Kier molecular flexibility index (Phi) is 2.56. The third-order valence-electron chi connectivity index (χ3n) is 1.07. The summed E-state index contributed by atoms with van der Waals surface area (Å²) in [5, 5.41) is 2.14. The van der Waals surface area contributed by atoms with Gasteiger partial charge in [0.05, 0.1) is 9.16 Å². The number of hydrogen-bond acceptors (Lipinski definition) is 1. The van der Waals surface area contributed by atoms with Crippen LogP contribution in [0.4, 0.5) is 0 Å². The fourth-order valence-electron chi connectivity index (χ4n) is 0.590. The first-order valence-electron chi connectivity index (χ1n) is 2.59. The molecule has 0 N–H and O–H groups in total. The van der Waals surface area contributed by atoms with Gasteiger partial charge in [0.1, 0.15) is 0 Å². The van der Waals surface area contributed by atoms with Crippen molar-refractivity contribution >= 4 is 38.9 Å². The van der Waals surface area contributed by atoms with E-state index in [1.165, 1.54) is 5.56 Å². The summed E-state index contributed by atoms with van der Waals surface area (Å²) in [6.07, 6.45) is 0. The van der Waals surface area contributed by atoms with Crippen molar-refractivity contribution in [1.82, 2.24) is 0 Å². The van der Waals surface area contributed by atoms with Gasteiger partial charge < -0.3 is 0 Å². The Morgan fingerprint density at radius 3 is 2.67 bits per heavy atom. The van der Waals surface area contributed by atoms with E-state index in [1.54, 1.807) is 11.3 Å². The second kappa shape index (κ2) is 3.04. The van der Waals surface area contributed by atoms with Crippen molar-refractivity contribution < 1.29 is 0 Å². The number of rotatable bonds is 1. The molecule has 0 aliphatic heterocycles. The minimum atomic E-state index is 0.116. The highest BCUT2D eigenvalue weighted by atomic mass is 79.9. The van der Waals surface area contributed by atoms with Gasteiger partial charge in [-0.2, -0.15) is 0 Å². The van der Waals surface area contributed by atoms with Crippen LogP contribution in [0.25, 0.3) is 0 Å². The summed E-state index contributed by atoms with van der Waals surface area (Å²) in [5.74, 6) is 0. The third-order valence-corrected chi connectivity index (χ3v) is 3.04. The van der Waals surface area contributed by atoms with E-state index >= 15 is 0 Å². The van der Waals surface area contributed by atoms with E-state index in [9.17, 15) is 0 Å². The predicted octanol–water partition coefficient (Wildman–Crippen LogP) is 3.81. The van der Waals surface area contributed by atoms with Crippen molar-refractivity contribution in [2.45, 2.75) is 12.3 Å². The standard InChI is InChI=1S/C6H6BrClS/c1-4(8)5-2-3-9-6(5)7/h2-4H,1H3. The molecule has 0 fully saturated rings. The first kappa shape index (κ1) is 7.58. The van der Waals surface area contributed by atoms with Crippen LogP contribution in [0, 0.1) is 0 Å². The number of halogens is 2. The van der Waals surface area contributed by atoms with Gasteiger partial charge in [0.2, 0.25) is 0 Å². The van der Waals surface area contributed by atoms with Gasteiger partial charge in [-0.15, -0.1) is 22.9 Å². The number of alkyl halides is 1. The molecule has 1 aromatic heterocycles. The van der Waals surface area contributed by atoms with Crippen LogP contribution in [0.15, 0.2) is 15.2 Å². The average molecular weight is 226 g/mol. The fourth-order valence-corrected chi connectivity index (χ4v) is 2.48. The molecule has 0 aliphatic carbocycles. The molecule has 1 unspecified atom stereocenters. The summed E-state index contributed by atoms with van der Waals surface area (Å²) in [6, 6.07) is 2.03. The zero-order chi connectivity index (χ0) is 6.85. The van der Waals surface area contributed by atoms with Gasteiger partial charge in [-0.05, 0) is 39.9 Å². The van der Waals surface area contributed by atoms with Crippen LogP contribution in [0.1, 0.15) is 17.9 Å². The minimum absolute atomic E-state index is 0.116. The summed E-state index contributed by atoms with van der Waals surface area (Å²) in [4.78, 5) is 0. The average Bonchev–Trinajstić information content (AvgIpc) is 2.13. The zero-order valence-electron chi connectivity index (χ0n) is 4.90. The lowest BCUT2D eigenvalue weighted by molar-refractivity contribution is 1.09. The molecule has 9 heavy (non-hydrogen) atoms. The Labute approximate surface area is 72.0 Å². The topological polar surface area (TPSA) is 0 Å². The first-order chi connectivity index (χ1) is 4.22. The smallest absolute Gasteiger partial charge is 0.0745 e. The lowest BCUT2D eigenvalue weighted by Crippen LogP contribution is -1.77. The molecule has 0 spiro atoms. The molecule has 1 atom stereocenters. The van der Waals surface area contributed by atoms with E-state index in [0.29, 0.717) is 0 Å². The van der Waals surface area contributed by atoms with Crippen LogP contribution in [0.2, 0.25) is 0 Å². The van der Waals surface area contributed by atoms with Crippen molar-refractivity contribution in [1.29, 1.82) is 0 Å². The van der Waals surface area contributed by atoms with E-state index < -0.39 is 0 Å². The molecule has 50 valence electrons. The summed E-state index contributed by atoms with van der Waals surface area (Å²) >= 11 is 10.9. The lowest BCUT2D eigenvalue weighted by atomic mass is 10.3. The van der Waals surface area contributed by atoms with Crippen molar-refractivity contribution in [3.63, 3.8) is 0 Å². The van der Waals surface area contributed by atoms with E-state index in [0.717, 1.165) is 3.79 Å². The quantitative estimate of drug-likeness (QED) is 0.638. The van der Waals surface area contributed by atoms with E-state index in [4.69, 9.17) is 11.6 Å². The van der Waals surface area contributed by atoms with E-state index in [2.05, 4.69) is 15.9 Å². The van der Waals surface area contributed by atoms with Crippen LogP contribution < -0.4 is 0 Å². The normalized spacial score (nSPS) is 13.7. The van der Waals surface area contributed by atoms with Gasteiger partial charge in [-0.1, -0.05) is 0 Å². The summed E-state index contributed by atoms with van der Waals surface area (Å²) in [5.41, 5.74) is 1.18. The maximum atomic E-state index is 5.83. The molecule has 0 aromatic carbocycles. The highest BCUT2D eigenvalue weighted by Crippen LogP contribution is 2.31. The van der Waals surface area contributed by atoms with Crippen molar-refractivity contribution in [2.24, 2.45) is 0 Å². The first-order valence-corrected chi connectivity index (χ1v) is 4.69. The minimum Gasteiger partial charge on any atom is -0.136 e. The van der Waals surface area contributed by atoms with Crippen LogP contribution in [-0.2, 0) is 0 Å². The monoisotopic (exact) mass is 224 g/mol. The van der Waals surface area contributed by atoms with Crippen LogP contribution >= 0.6 is 38.9 Å². The molecule has 1 aromatic rings. The molecule has 0 saturated heterocycles. The molecular weight excluding hydrogens is 219 g/mol. The van der Waals surface area contributed by atoms with Gasteiger partial charge in [-0.25, -0.2) is 0 Å². The van der Waals surface area contributed by atoms with Gasteiger partial charge in [-0.3, -0.25) is 0 Å². The van der Waals surface area contributed by atoms with Gasteiger partial charge >= 0.3 is 0 Å². The van der Waals surface area contributed by atoms with Crippen molar-refractivity contribution in [3.8, 4) is 0 Å². The van der Waals surface area contributed by atoms with E-state index in [1.807, 2.05) is 18.4 Å². The molecule has 3 heteroatoms. The Morgan fingerprint density at radius 2 is 2.44 bits per heavy atom. The molecule has 0 saturated carbocycles. The van der Waals surface area contributed by atoms with Crippen LogP contribution in [0.5, 0.6) is 0 Å². The molecule has 1 heterocycles.